The van der Waals surface area contributed by atoms with Gasteiger partial charge in [0.2, 0.25) is 5.91 Å². The lowest BCUT2D eigenvalue weighted by atomic mass is 9.66. The van der Waals surface area contributed by atoms with Crippen LogP contribution >= 0.6 is 11.3 Å². The highest BCUT2D eigenvalue weighted by Gasteiger charge is 2.45. The van der Waals surface area contributed by atoms with Gasteiger partial charge in [0.1, 0.15) is 5.75 Å². The van der Waals surface area contributed by atoms with E-state index in [9.17, 15) is 14.7 Å². The van der Waals surface area contributed by atoms with Gasteiger partial charge in [-0.15, -0.1) is 11.3 Å². The van der Waals surface area contributed by atoms with Crippen molar-refractivity contribution in [1.82, 2.24) is 5.32 Å². The number of hydrogen-bond donors (Lipinski definition) is 2. The van der Waals surface area contributed by atoms with Crippen LogP contribution in [-0.2, 0) is 16.1 Å². The minimum atomic E-state index is -0.855. The number of rotatable bonds is 7. The summed E-state index contributed by atoms with van der Waals surface area (Å²) in [6.45, 7) is 0.426. The van der Waals surface area contributed by atoms with Crippen LogP contribution in [0, 0.1) is 5.41 Å². The van der Waals surface area contributed by atoms with Crippen LogP contribution in [-0.4, -0.2) is 24.1 Å². The quantitative estimate of drug-likeness (QED) is 0.791. The summed E-state index contributed by atoms with van der Waals surface area (Å²) in [4.78, 5) is 25.6. The van der Waals surface area contributed by atoms with Crippen LogP contribution in [0.1, 0.15) is 30.6 Å². The fourth-order valence-corrected chi connectivity index (χ4v) is 3.96. The van der Waals surface area contributed by atoms with Crippen LogP contribution in [0.5, 0.6) is 5.75 Å². The molecule has 0 unspecified atom stereocenters. The molecule has 1 fully saturated rings. The molecule has 1 saturated carbocycles. The molecule has 0 saturated heterocycles. The number of methoxy groups -OCH3 is 1. The molecule has 0 radical (unpaired) electrons. The molecule has 2 N–H and O–H groups in total. The molecule has 1 heterocycles. The van der Waals surface area contributed by atoms with Crippen LogP contribution < -0.4 is 10.1 Å². The molecular weight excluding hydrogens is 338 g/mol. The maximum Gasteiger partial charge on any atom is 0.310 e. The molecule has 5 nitrogen and oxygen atoms in total. The molecule has 6 heteroatoms. The molecule has 0 aliphatic heterocycles. The summed E-state index contributed by atoms with van der Waals surface area (Å²) in [7, 11) is 1.64. The summed E-state index contributed by atoms with van der Waals surface area (Å²) in [5.41, 5.74) is 0.260. The van der Waals surface area contributed by atoms with Crippen molar-refractivity contribution in [3.05, 3.63) is 41.3 Å². The second kappa shape index (κ2) is 7.27. The van der Waals surface area contributed by atoms with Crippen molar-refractivity contribution in [1.29, 1.82) is 0 Å². The van der Waals surface area contributed by atoms with Gasteiger partial charge in [-0.3, -0.25) is 9.59 Å². The number of hydrogen-bond acceptors (Lipinski definition) is 4. The number of carboxylic acids is 1. The maximum absolute atomic E-state index is 12.1. The molecule has 2 aromatic rings. The average Bonchev–Trinajstić information content (AvgIpc) is 3.05. The molecule has 1 amide bonds. The molecule has 0 spiro atoms. The summed E-state index contributed by atoms with van der Waals surface area (Å²) in [6.07, 6.45) is 2.14. The highest BCUT2D eigenvalue weighted by molar-refractivity contribution is 7.15. The number of nitrogens with one attached hydrogen (secondary N) is 1. The van der Waals surface area contributed by atoms with Crippen LogP contribution in [0.15, 0.2) is 36.4 Å². The molecule has 1 aliphatic rings. The van der Waals surface area contributed by atoms with Gasteiger partial charge in [0.15, 0.2) is 0 Å². The van der Waals surface area contributed by atoms with Crippen molar-refractivity contribution in [3.63, 3.8) is 0 Å². The predicted octanol–water partition coefficient (Wildman–Crippen LogP) is 3.68. The zero-order chi connectivity index (χ0) is 17.9. The van der Waals surface area contributed by atoms with E-state index in [4.69, 9.17) is 4.74 Å². The Hall–Kier alpha value is -2.34. The van der Waals surface area contributed by atoms with E-state index >= 15 is 0 Å². The zero-order valence-electron chi connectivity index (χ0n) is 14.1. The smallest absolute Gasteiger partial charge is 0.310 e. The second-order valence-electron chi connectivity index (χ2n) is 6.39. The molecular formula is C19H21NO4S. The molecule has 1 aromatic carbocycles. The molecule has 0 bridgehead atoms. The van der Waals surface area contributed by atoms with Gasteiger partial charge in [-0.05, 0) is 54.8 Å². The van der Waals surface area contributed by atoms with E-state index in [1.165, 1.54) is 0 Å². The first-order valence-corrected chi connectivity index (χ1v) is 9.07. The SMILES string of the molecule is COc1ccc(-c2ccc(CNC(=O)CC3(C(=O)O)CCC3)s2)cc1. The number of amides is 1. The fourth-order valence-electron chi connectivity index (χ4n) is 3.01. The average molecular weight is 359 g/mol. The Morgan fingerprint density at radius 3 is 2.48 bits per heavy atom. The summed E-state index contributed by atoms with van der Waals surface area (Å²) < 4.78 is 5.16. The number of aliphatic carboxylic acids is 1. The zero-order valence-corrected chi connectivity index (χ0v) is 14.9. The summed E-state index contributed by atoms with van der Waals surface area (Å²) in [6, 6.07) is 11.8. The molecule has 132 valence electrons. The van der Waals surface area contributed by atoms with E-state index in [1.54, 1.807) is 18.4 Å². The van der Waals surface area contributed by atoms with Gasteiger partial charge in [0.25, 0.3) is 0 Å². The van der Waals surface area contributed by atoms with Crippen LogP contribution in [0.4, 0.5) is 0 Å². The van der Waals surface area contributed by atoms with E-state index in [0.29, 0.717) is 19.4 Å². The van der Waals surface area contributed by atoms with Gasteiger partial charge in [-0.1, -0.05) is 6.42 Å². The van der Waals surface area contributed by atoms with Crippen molar-refractivity contribution >= 4 is 23.2 Å². The maximum atomic E-state index is 12.1. The van der Waals surface area contributed by atoms with Crippen LogP contribution in [0.25, 0.3) is 10.4 Å². The Balaban J connectivity index is 1.56. The number of benzene rings is 1. The molecule has 3 rings (SSSR count). The van der Waals surface area contributed by atoms with Crippen molar-refractivity contribution in [2.45, 2.75) is 32.2 Å². The molecule has 0 atom stereocenters. The van der Waals surface area contributed by atoms with Gasteiger partial charge in [0, 0.05) is 16.2 Å². The van der Waals surface area contributed by atoms with E-state index in [0.717, 1.165) is 27.5 Å². The van der Waals surface area contributed by atoms with Crippen molar-refractivity contribution in [3.8, 4) is 16.2 Å². The monoisotopic (exact) mass is 359 g/mol. The normalized spacial score (nSPS) is 15.2. The lowest BCUT2D eigenvalue weighted by Crippen LogP contribution is -2.42. The van der Waals surface area contributed by atoms with Crippen molar-refractivity contribution in [2.75, 3.05) is 7.11 Å². The number of ether oxygens (including phenoxy) is 1. The van der Waals surface area contributed by atoms with E-state index in [2.05, 4.69) is 5.32 Å². The highest BCUT2D eigenvalue weighted by Crippen LogP contribution is 2.44. The summed E-state index contributed by atoms with van der Waals surface area (Å²) in [5, 5.41) is 12.1. The summed E-state index contributed by atoms with van der Waals surface area (Å²) >= 11 is 1.61. The Morgan fingerprint density at radius 1 is 1.20 bits per heavy atom. The molecule has 1 aromatic heterocycles. The Morgan fingerprint density at radius 2 is 1.92 bits per heavy atom. The fraction of sp³-hybridized carbons (Fsp3) is 0.368. The largest absolute Gasteiger partial charge is 0.497 e. The topological polar surface area (TPSA) is 75.6 Å². The number of carboxylic acid groups (broad SMARTS) is 1. The predicted molar refractivity (Wildman–Crippen MR) is 96.7 cm³/mol. The second-order valence-corrected chi connectivity index (χ2v) is 7.56. The highest BCUT2D eigenvalue weighted by atomic mass is 32.1. The Labute approximate surface area is 150 Å². The lowest BCUT2D eigenvalue weighted by molar-refractivity contribution is -0.157. The van der Waals surface area contributed by atoms with Crippen molar-refractivity contribution < 1.29 is 19.4 Å². The van der Waals surface area contributed by atoms with E-state index in [-0.39, 0.29) is 12.3 Å². The lowest BCUT2D eigenvalue weighted by Gasteiger charge is -2.36. The Kier molecular flexibility index (Phi) is 5.08. The first-order chi connectivity index (χ1) is 12.0. The third-order valence-corrected chi connectivity index (χ3v) is 5.89. The van der Waals surface area contributed by atoms with E-state index < -0.39 is 11.4 Å². The Bertz CT molecular complexity index is 762. The van der Waals surface area contributed by atoms with Gasteiger partial charge in [0.05, 0.1) is 19.1 Å². The van der Waals surface area contributed by atoms with Gasteiger partial charge < -0.3 is 15.2 Å². The minimum Gasteiger partial charge on any atom is -0.497 e. The van der Waals surface area contributed by atoms with Gasteiger partial charge in [-0.25, -0.2) is 0 Å². The number of carbonyl (C=O) groups excluding carboxylic acids is 1. The standard InChI is InChI=1S/C19H21NO4S/c1-24-14-5-3-13(4-6-14)16-8-7-15(25-16)12-20-17(21)11-19(18(22)23)9-2-10-19/h3-8H,2,9-12H2,1H3,(H,20,21)(H,22,23). The minimum absolute atomic E-state index is 0.0685. The van der Waals surface area contributed by atoms with Gasteiger partial charge >= 0.3 is 5.97 Å². The number of carbonyl (C=O) groups is 2. The van der Waals surface area contributed by atoms with E-state index in [1.807, 2.05) is 36.4 Å². The molecule has 25 heavy (non-hydrogen) atoms. The molecule has 1 aliphatic carbocycles. The first-order valence-electron chi connectivity index (χ1n) is 8.26. The summed E-state index contributed by atoms with van der Waals surface area (Å²) in [5.74, 6) is -0.232. The van der Waals surface area contributed by atoms with Crippen molar-refractivity contribution in [2.24, 2.45) is 5.41 Å². The van der Waals surface area contributed by atoms with Gasteiger partial charge in [-0.2, -0.15) is 0 Å². The van der Waals surface area contributed by atoms with Crippen LogP contribution in [0.3, 0.4) is 0 Å². The first kappa shape index (κ1) is 17.5. The third kappa shape index (κ3) is 3.85. The number of thiophene rings is 1. The van der Waals surface area contributed by atoms with Crippen LogP contribution in [0.2, 0.25) is 0 Å². The third-order valence-electron chi connectivity index (χ3n) is 4.76.